The second-order valence-corrected chi connectivity index (χ2v) is 8.03. The third-order valence-corrected chi connectivity index (χ3v) is 5.76. The zero-order valence-electron chi connectivity index (χ0n) is 16.8. The molecule has 1 aliphatic rings. The summed E-state index contributed by atoms with van der Waals surface area (Å²) in [5, 5.41) is 21.2. The molecule has 30 heavy (non-hydrogen) atoms. The Kier molecular flexibility index (Phi) is 6.23. The van der Waals surface area contributed by atoms with Gasteiger partial charge in [0.15, 0.2) is 0 Å². The highest BCUT2D eigenvalue weighted by molar-refractivity contribution is 6.31. The standard InChI is InChI=1S/C24H25ClN2O3/c1-16-4-6-17(7-5-16)23(29)18-8-9-22(19(13-18)15-28)27-12-10-20(14-27)30-24-21(25)3-2-11-26-24/h2-9,11,13,20,23,28-29H,10,12,14-15H2,1H3. The SMILES string of the molecule is Cc1ccc(C(O)c2ccc(N3CCC(Oc4ncccc4Cl)C3)c(CO)c2)cc1. The minimum Gasteiger partial charge on any atom is -0.471 e. The number of nitrogens with zero attached hydrogens (tertiary/aromatic N) is 2. The van der Waals surface area contributed by atoms with E-state index in [1.165, 1.54) is 0 Å². The summed E-state index contributed by atoms with van der Waals surface area (Å²) in [6.07, 6.45) is 1.74. The molecule has 156 valence electrons. The van der Waals surface area contributed by atoms with Crippen LogP contribution < -0.4 is 9.64 Å². The second-order valence-electron chi connectivity index (χ2n) is 7.62. The van der Waals surface area contributed by atoms with E-state index >= 15 is 0 Å². The molecule has 1 aliphatic heterocycles. The summed E-state index contributed by atoms with van der Waals surface area (Å²) in [6, 6.07) is 17.1. The van der Waals surface area contributed by atoms with Gasteiger partial charge in [0.1, 0.15) is 17.2 Å². The van der Waals surface area contributed by atoms with E-state index in [9.17, 15) is 10.2 Å². The molecule has 1 fully saturated rings. The Bertz CT molecular complexity index is 1010. The lowest BCUT2D eigenvalue weighted by Gasteiger charge is -2.23. The zero-order valence-corrected chi connectivity index (χ0v) is 17.6. The van der Waals surface area contributed by atoms with Crippen LogP contribution in [0.5, 0.6) is 5.88 Å². The first-order valence-electron chi connectivity index (χ1n) is 10.1. The molecule has 1 aromatic heterocycles. The van der Waals surface area contributed by atoms with Gasteiger partial charge in [-0.3, -0.25) is 0 Å². The number of aryl methyl sites for hydroxylation is 1. The van der Waals surface area contributed by atoms with Gasteiger partial charge < -0.3 is 19.8 Å². The fourth-order valence-electron chi connectivity index (χ4n) is 3.81. The topological polar surface area (TPSA) is 65.8 Å². The predicted molar refractivity (Wildman–Crippen MR) is 118 cm³/mol. The lowest BCUT2D eigenvalue weighted by Crippen LogP contribution is -2.25. The summed E-state index contributed by atoms with van der Waals surface area (Å²) >= 11 is 6.15. The van der Waals surface area contributed by atoms with E-state index in [1.807, 2.05) is 49.4 Å². The van der Waals surface area contributed by atoms with Crippen molar-refractivity contribution in [2.75, 3.05) is 18.0 Å². The fourth-order valence-corrected chi connectivity index (χ4v) is 3.98. The Morgan fingerprint density at radius 1 is 1.17 bits per heavy atom. The van der Waals surface area contributed by atoms with E-state index in [1.54, 1.807) is 18.3 Å². The Morgan fingerprint density at radius 3 is 2.67 bits per heavy atom. The fraction of sp³-hybridized carbons (Fsp3) is 0.292. The van der Waals surface area contributed by atoms with E-state index in [-0.39, 0.29) is 12.7 Å². The number of rotatable bonds is 6. The summed E-state index contributed by atoms with van der Waals surface area (Å²) < 4.78 is 5.97. The minimum absolute atomic E-state index is 0.0261. The molecule has 2 N–H and O–H groups in total. The molecule has 2 aromatic carbocycles. The lowest BCUT2D eigenvalue weighted by atomic mass is 9.98. The van der Waals surface area contributed by atoms with Crippen molar-refractivity contribution in [2.24, 2.45) is 0 Å². The molecule has 1 saturated heterocycles. The van der Waals surface area contributed by atoms with Crippen molar-refractivity contribution < 1.29 is 14.9 Å². The molecule has 3 aromatic rings. The molecule has 0 aliphatic carbocycles. The van der Waals surface area contributed by atoms with Crippen molar-refractivity contribution in [3.05, 3.63) is 88.1 Å². The molecule has 2 unspecified atom stereocenters. The van der Waals surface area contributed by atoms with Crippen LogP contribution in [0.25, 0.3) is 0 Å². The van der Waals surface area contributed by atoms with Gasteiger partial charge in [0.05, 0.1) is 13.2 Å². The first-order valence-corrected chi connectivity index (χ1v) is 10.4. The third-order valence-electron chi connectivity index (χ3n) is 5.47. The van der Waals surface area contributed by atoms with Gasteiger partial charge in [-0.25, -0.2) is 4.98 Å². The number of hydrogen-bond acceptors (Lipinski definition) is 5. The van der Waals surface area contributed by atoms with Gasteiger partial charge in [0.25, 0.3) is 0 Å². The number of pyridine rings is 1. The van der Waals surface area contributed by atoms with Crippen LogP contribution in [0, 0.1) is 6.92 Å². The van der Waals surface area contributed by atoms with Crippen LogP contribution in [0.15, 0.2) is 60.8 Å². The maximum absolute atomic E-state index is 10.8. The van der Waals surface area contributed by atoms with Crippen LogP contribution in [-0.2, 0) is 6.61 Å². The summed E-state index contributed by atoms with van der Waals surface area (Å²) in [4.78, 5) is 6.39. The number of halogens is 1. The molecule has 2 atom stereocenters. The number of benzene rings is 2. The lowest BCUT2D eigenvalue weighted by molar-refractivity contribution is 0.216. The highest BCUT2D eigenvalue weighted by atomic mass is 35.5. The monoisotopic (exact) mass is 424 g/mol. The number of aromatic nitrogens is 1. The molecule has 0 bridgehead atoms. The molecular weight excluding hydrogens is 400 g/mol. The highest BCUT2D eigenvalue weighted by Crippen LogP contribution is 2.31. The summed E-state index contributed by atoms with van der Waals surface area (Å²) in [5.41, 5.74) is 4.49. The average molecular weight is 425 g/mol. The van der Waals surface area contributed by atoms with E-state index < -0.39 is 6.10 Å². The summed E-state index contributed by atoms with van der Waals surface area (Å²) in [7, 11) is 0. The number of hydrogen-bond donors (Lipinski definition) is 2. The van der Waals surface area contributed by atoms with Crippen molar-refractivity contribution >= 4 is 17.3 Å². The van der Waals surface area contributed by atoms with E-state index in [0.29, 0.717) is 17.4 Å². The number of anilines is 1. The molecule has 2 heterocycles. The normalized spacial score (nSPS) is 17.2. The maximum Gasteiger partial charge on any atom is 0.232 e. The molecule has 5 nitrogen and oxygen atoms in total. The van der Waals surface area contributed by atoms with Crippen molar-refractivity contribution in [1.82, 2.24) is 4.98 Å². The number of aliphatic hydroxyl groups is 2. The van der Waals surface area contributed by atoms with Gasteiger partial charge >= 0.3 is 0 Å². The minimum atomic E-state index is -0.731. The van der Waals surface area contributed by atoms with Crippen LogP contribution in [0.2, 0.25) is 5.02 Å². The molecule has 4 rings (SSSR count). The summed E-state index contributed by atoms with van der Waals surface area (Å²) in [6.45, 7) is 3.41. The smallest absolute Gasteiger partial charge is 0.232 e. The molecule has 0 amide bonds. The van der Waals surface area contributed by atoms with Crippen LogP contribution in [-0.4, -0.2) is 34.4 Å². The largest absolute Gasteiger partial charge is 0.471 e. The predicted octanol–water partition coefficient (Wildman–Crippen LogP) is 4.28. The van der Waals surface area contributed by atoms with E-state index in [4.69, 9.17) is 16.3 Å². The van der Waals surface area contributed by atoms with Gasteiger partial charge in [0.2, 0.25) is 5.88 Å². The first-order chi connectivity index (χ1) is 14.5. The Morgan fingerprint density at radius 2 is 1.93 bits per heavy atom. The molecular formula is C24H25ClN2O3. The number of ether oxygens (including phenoxy) is 1. The Labute approximate surface area is 181 Å². The maximum atomic E-state index is 10.8. The molecule has 0 saturated carbocycles. The number of aliphatic hydroxyl groups excluding tert-OH is 2. The molecule has 0 spiro atoms. The van der Waals surface area contributed by atoms with Gasteiger partial charge in [-0.2, -0.15) is 0 Å². The summed E-state index contributed by atoms with van der Waals surface area (Å²) in [5.74, 6) is 0.449. The van der Waals surface area contributed by atoms with Gasteiger partial charge in [-0.1, -0.05) is 47.5 Å². The quantitative estimate of drug-likeness (QED) is 0.618. The van der Waals surface area contributed by atoms with E-state index in [2.05, 4.69) is 9.88 Å². The van der Waals surface area contributed by atoms with Gasteiger partial charge in [0, 0.05) is 30.4 Å². The van der Waals surface area contributed by atoms with Crippen molar-refractivity contribution in [1.29, 1.82) is 0 Å². The van der Waals surface area contributed by atoms with Crippen molar-refractivity contribution in [3.8, 4) is 5.88 Å². The van der Waals surface area contributed by atoms with Crippen LogP contribution in [0.4, 0.5) is 5.69 Å². The van der Waals surface area contributed by atoms with Crippen molar-refractivity contribution in [2.45, 2.75) is 32.2 Å². The van der Waals surface area contributed by atoms with Gasteiger partial charge in [-0.05, 0) is 42.3 Å². The van der Waals surface area contributed by atoms with Crippen LogP contribution >= 0.6 is 11.6 Å². The third kappa shape index (κ3) is 4.43. The van der Waals surface area contributed by atoms with Crippen LogP contribution in [0.1, 0.15) is 34.8 Å². The Balaban J connectivity index is 1.49. The second kappa shape index (κ2) is 9.04. The average Bonchev–Trinajstić information content (AvgIpc) is 3.23. The van der Waals surface area contributed by atoms with Gasteiger partial charge in [-0.15, -0.1) is 0 Å². The zero-order chi connectivity index (χ0) is 21.1. The first kappa shape index (κ1) is 20.7. The Hall–Kier alpha value is -2.60. The molecule has 0 radical (unpaired) electrons. The van der Waals surface area contributed by atoms with Crippen LogP contribution in [0.3, 0.4) is 0 Å². The van der Waals surface area contributed by atoms with Crippen molar-refractivity contribution in [3.63, 3.8) is 0 Å². The molecule has 6 heteroatoms. The van der Waals surface area contributed by atoms with E-state index in [0.717, 1.165) is 40.9 Å². The highest BCUT2D eigenvalue weighted by Gasteiger charge is 2.27.